The summed E-state index contributed by atoms with van der Waals surface area (Å²) in [6, 6.07) is 4.23. The van der Waals surface area contributed by atoms with E-state index in [-0.39, 0.29) is 6.03 Å². The van der Waals surface area contributed by atoms with Gasteiger partial charge < -0.3 is 15.1 Å². The van der Waals surface area contributed by atoms with E-state index >= 15 is 0 Å². The SMILES string of the molecule is Cc1cc(CNC(=O)N2CCCC2)cc(N2CCCC2)n1. The minimum absolute atomic E-state index is 0.0599. The monoisotopic (exact) mass is 288 g/mol. The molecule has 0 saturated carbocycles. The zero-order valence-corrected chi connectivity index (χ0v) is 12.8. The Bertz CT molecular complexity index is 505. The second-order valence-electron chi connectivity index (χ2n) is 6.02. The summed E-state index contributed by atoms with van der Waals surface area (Å²) in [4.78, 5) is 20.9. The molecule has 0 aliphatic carbocycles. The van der Waals surface area contributed by atoms with Crippen molar-refractivity contribution in [1.29, 1.82) is 0 Å². The molecule has 0 atom stereocenters. The Morgan fingerprint density at radius 2 is 1.81 bits per heavy atom. The lowest BCUT2D eigenvalue weighted by molar-refractivity contribution is 0.208. The largest absolute Gasteiger partial charge is 0.357 e. The number of rotatable bonds is 3. The predicted octanol–water partition coefficient (Wildman–Crippen LogP) is 2.30. The molecule has 114 valence electrons. The van der Waals surface area contributed by atoms with Crippen LogP contribution in [0, 0.1) is 6.92 Å². The second-order valence-corrected chi connectivity index (χ2v) is 6.02. The summed E-state index contributed by atoms with van der Waals surface area (Å²) in [5.41, 5.74) is 2.15. The van der Waals surface area contributed by atoms with Gasteiger partial charge in [-0.2, -0.15) is 0 Å². The maximum Gasteiger partial charge on any atom is 0.317 e. The summed E-state index contributed by atoms with van der Waals surface area (Å²) in [7, 11) is 0. The lowest BCUT2D eigenvalue weighted by Crippen LogP contribution is -2.37. The molecule has 0 radical (unpaired) electrons. The van der Waals surface area contributed by atoms with E-state index in [2.05, 4.69) is 27.3 Å². The molecular formula is C16H24N4O. The summed E-state index contributed by atoms with van der Waals surface area (Å²) in [5.74, 6) is 1.05. The first-order valence-electron chi connectivity index (χ1n) is 7.98. The quantitative estimate of drug-likeness (QED) is 0.928. The highest BCUT2D eigenvalue weighted by atomic mass is 16.2. The van der Waals surface area contributed by atoms with E-state index in [1.165, 1.54) is 12.8 Å². The van der Waals surface area contributed by atoms with Crippen molar-refractivity contribution < 1.29 is 4.79 Å². The van der Waals surface area contributed by atoms with Crippen LogP contribution in [0.3, 0.4) is 0 Å². The van der Waals surface area contributed by atoms with Gasteiger partial charge in [0.05, 0.1) is 0 Å². The number of carbonyl (C=O) groups is 1. The van der Waals surface area contributed by atoms with E-state index in [1.807, 2.05) is 11.8 Å². The van der Waals surface area contributed by atoms with Crippen LogP contribution in [0.25, 0.3) is 0 Å². The van der Waals surface area contributed by atoms with Crippen molar-refractivity contribution in [3.63, 3.8) is 0 Å². The molecule has 5 nitrogen and oxygen atoms in total. The Morgan fingerprint density at radius 3 is 2.52 bits per heavy atom. The number of urea groups is 1. The Balaban J connectivity index is 1.63. The summed E-state index contributed by atoms with van der Waals surface area (Å²) in [6.45, 7) is 6.57. The van der Waals surface area contributed by atoms with Crippen LogP contribution in [-0.2, 0) is 6.54 Å². The summed E-state index contributed by atoms with van der Waals surface area (Å²) < 4.78 is 0. The number of aromatic nitrogens is 1. The fraction of sp³-hybridized carbons (Fsp3) is 0.625. The van der Waals surface area contributed by atoms with E-state index in [0.717, 1.165) is 56.1 Å². The number of carbonyl (C=O) groups excluding carboxylic acids is 1. The van der Waals surface area contributed by atoms with Crippen molar-refractivity contribution in [2.75, 3.05) is 31.1 Å². The van der Waals surface area contributed by atoms with Crippen molar-refractivity contribution in [3.05, 3.63) is 23.4 Å². The zero-order chi connectivity index (χ0) is 14.7. The van der Waals surface area contributed by atoms with Crippen LogP contribution >= 0.6 is 0 Å². The Kier molecular flexibility index (Phi) is 4.27. The maximum atomic E-state index is 12.0. The average Bonchev–Trinajstić information content (AvgIpc) is 3.16. The smallest absolute Gasteiger partial charge is 0.317 e. The molecule has 1 aromatic heterocycles. The van der Waals surface area contributed by atoms with Crippen LogP contribution in [0.15, 0.2) is 12.1 Å². The van der Waals surface area contributed by atoms with Crippen LogP contribution in [0.5, 0.6) is 0 Å². The molecule has 2 fully saturated rings. The second kappa shape index (κ2) is 6.33. The van der Waals surface area contributed by atoms with Crippen LogP contribution in [0.1, 0.15) is 36.9 Å². The normalized spacial score (nSPS) is 18.3. The van der Waals surface area contributed by atoms with Crippen LogP contribution in [-0.4, -0.2) is 42.1 Å². The molecule has 3 heterocycles. The number of nitrogens with one attached hydrogen (secondary N) is 1. The fourth-order valence-electron chi connectivity index (χ4n) is 3.14. The van der Waals surface area contributed by atoms with Crippen molar-refractivity contribution in [2.24, 2.45) is 0 Å². The molecule has 0 aromatic carbocycles. The third kappa shape index (κ3) is 3.46. The van der Waals surface area contributed by atoms with Gasteiger partial charge >= 0.3 is 6.03 Å². The number of hydrogen-bond acceptors (Lipinski definition) is 3. The highest BCUT2D eigenvalue weighted by Crippen LogP contribution is 2.20. The lowest BCUT2D eigenvalue weighted by Gasteiger charge is -2.19. The van der Waals surface area contributed by atoms with Gasteiger partial charge in [-0.15, -0.1) is 0 Å². The van der Waals surface area contributed by atoms with E-state index in [0.29, 0.717) is 6.54 Å². The Hall–Kier alpha value is -1.78. The van der Waals surface area contributed by atoms with Crippen molar-refractivity contribution in [3.8, 4) is 0 Å². The standard InChI is InChI=1S/C16H24N4O/c1-13-10-14(11-15(18-13)19-6-2-3-7-19)12-17-16(21)20-8-4-5-9-20/h10-11H,2-9,12H2,1H3,(H,17,21). The van der Waals surface area contributed by atoms with Gasteiger partial charge in [-0.3, -0.25) is 0 Å². The highest BCUT2D eigenvalue weighted by molar-refractivity contribution is 5.74. The number of nitrogens with zero attached hydrogens (tertiary/aromatic N) is 3. The molecule has 0 bridgehead atoms. The molecule has 0 spiro atoms. The van der Waals surface area contributed by atoms with Gasteiger partial charge in [0.25, 0.3) is 0 Å². The highest BCUT2D eigenvalue weighted by Gasteiger charge is 2.18. The van der Waals surface area contributed by atoms with Gasteiger partial charge in [-0.1, -0.05) is 0 Å². The van der Waals surface area contributed by atoms with Crippen LogP contribution < -0.4 is 10.2 Å². The van der Waals surface area contributed by atoms with Crippen molar-refractivity contribution >= 4 is 11.8 Å². The third-order valence-electron chi connectivity index (χ3n) is 4.27. The molecule has 3 rings (SSSR count). The number of anilines is 1. The van der Waals surface area contributed by atoms with Gasteiger partial charge in [0.2, 0.25) is 0 Å². The maximum absolute atomic E-state index is 12.0. The molecule has 1 aromatic rings. The predicted molar refractivity (Wildman–Crippen MR) is 83.5 cm³/mol. The lowest BCUT2D eigenvalue weighted by atomic mass is 10.2. The number of pyridine rings is 1. The van der Waals surface area contributed by atoms with Gasteiger partial charge in [0, 0.05) is 38.4 Å². The first-order chi connectivity index (χ1) is 10.2. The number of hydrogen-bond donors (Lipinski definition) is 1. The van der Waals surface area contributed by atoms with Crippen LogP contribution in [0.2, 0.25) is 0 Å². The average molecular weight is 288 g/mol. The van der Waals surface area contributed by atoms with Gasteiger partial charge in [-0.05, 0) is 50.3 Å². The first-order valence-corrected chi connectivity index (χ1v) is 7.98. The van der Waals surface area contributed by atoms with Gasteiger partial charge in [0.15, 0.2) is 0 Å². The molecule has 21 heavy (non-hydrogen) atoms. The fourth-order valence-corrected chi connectivity index (χ4v) is 3.14. The van der Waals surface area contributed by atoms with Crippen molar-refractivity contribution in [1.82, 2.24) is 15.2 Å². The number of aryl methyl sites for hydroxylation is 1. The Morgan fingerprint density at radius 1 is 1.14 bits per heavy atom. The first kappa shape index (κ1) is 14.2. The minimum Gasteiger partial charge on any atom is -0.357 e. The van der Waals surface area contributed by atoms with Gasteiger partial charge in [0.1, 0.15) is 5.82 Å². The molecule has 1 N–H and O–H groups in total. The number of likely N-dealkylation sites (tertiary alicyclic amines) is 1. The molecular weight excluding hydrogens is 264 g/mol. The van der Waals surface area contributed by atoms with E-state index < -0.39 is 0 Å². The van der Waals surface area contributed by atoms with Crippen molar-refractivity contribution in [2.45, 2.75) is 39.2 Å². The number of amides is 2. The van der Waals surface area contributed by atoms with Crippen LogP contribution in [0.4, 0.5) is 10.6 Å². The molecule has 2 saturated heterocycles. The van der Waals surface area contributed by atoms with Gasteiger partial charge in [-0.25, -0.2) is 9.78 Å². The molecule has 5 heteroatoms. The zero-order valence-electron chi connectivity index (χ0n) is 12.8. The summed E-state index contributed by atoms with van der Waals surface area (Å²) >= 11 is 0. The summed E-state index contributed by atoms with van der Waals surface area (Å²) in [6.07, 6.45) is 4.75. The van der Waals surface area contributed by atoms with E-state index in [4.69, 9.17) is 0 Å². The topological polar surface area (TPSA) is 48.5 Å². The van der Waals surface area contributed by atoms with E-state index in [1.54, 1.807) is 0 Å². The molecule has 0 unspecified atom stereocenters. The molecule has 2 aliphatic rings. The van der Waals surface area contributed by atoms with E-state index in [9.17, 15) is 4.79 Å². The Labute approximate surface area is 126 Å². The molecule has 2 aliphatic heterocycles. The summed E-state index contributed by atoms with van der Waals surface area (Å²) in [5, 5.41) is 3.03. The third-order valence-corrected chi connectivity index (χ3v) is 4.27. The molecule has 2 amide bonds. The minimum atomic E-state index is 0.0599.